The lowest BCUT2D eigenvalue weighted by molar-refractivity contribution is -0.133. The van der Waals surface area contributed by atoms with Crippen LogP contribution in [0.2, 0.25) is 0 Å². The van der Waals surface area contributed by atoms with E-state index in [1.807, 2.05) is 36.1 Å². The number of allylic oxidation sites excluding steroid dienone is 2. The number of carbonyl (C=O) groups is 2. The molecular weight excluding hydrogens is 306 g/mol. The van der Waals surface area contributed by atoms with Gasteiger partial charge in [0.05, 0.1) is 17.1 Å². The molecule has 1 fully saturated rings. The van der Waals surface area contributed by atoms with Crippen LogP contribution in [0.3, 0.4) is 0 Å². The minimum absolute atomic E-state index is 0.173. The third kappa shape index (κ3) is 2.50. The van der Waals surface area contributed by atoms with Crippen molar-refractivity contribution in [2.45, 2.75) is 39.0 Å². The molecule has 1 aromatic carbocycles. The van der Waals surface area contributed by atoms with Gasteiger partial charge in [0.15, 0.2) is 0 Å². The van der Waals surface area contributed by atoms with Gasteiger partial charge in [0.1, 0.15) is 0 Å². The zero-order valence-electron chi connectivity index (χ0n) is 13.9. The van der Waals surface area contributed by atoms with Crippen LogP contribution < -0.4 is 0 Å². The molecule has 3 rings (SSSR count). The Kier molecular flexibility index (Phi) is 4.18. The summed E-state index contributed by atoms with van der Waals surface area (Å²) >= 11 is 0. The van der Waals surface area contributed by atoms with E-state index in [9.17, 15) is 19.8 Å². The number of fused-ring (bicyclic) bond motifs is 1. The zero-order valence-corrected chi connectivity index (χ0v) is 13.9. The molecular formula is C19H21NO4. The third-order valence-corrected chi connectivity index (χ3v) is 5.01. The predicted molar refractivity (Wildman–Crippen MR) is 89.5 cm³/mol. The lowest BCUT2D eigenvalue weighted by atomic mass is 9.77. The molecule has 0 radical (unpaired) electrons. The maximum Gasteiger partial charge on any atom is 0.334 e. The standard InChI is InChI=1S/C19H21NO4/c1-11-7-3-4-8-13(11)16-15(18(21)22)12(2)20-10-6-5-9-14(20)17(16)19(23)24/h3-4,7-8,16H,5-6,9-10H2,1-2H3,(H,21,22)(H,23,24). The monoisotopic (exact) mass is 327 g/mol. The smallest absolute Gasteiger partial charge is 0.334 e. The van der Waals surface area contributed by atoms with E-state index in [0.29, 0.717) is 18.7 Å². The van der Waals surface area contributed by atoms with Crippen LogP contribution in [0.5, 0.6) is 0 Å². The first kappa shape index (κ1) is 16.3. The average molecular weight is 327 g/mol. The fraction of sp³-hybridized carbons (Fsp3) is 0.368. The topological polar surface area (TPSA) is 77.8 Å². The van der Waals surface area contributed by atoms with E-state index in [1.165, 1.54) is 0 Å². The summed E-state index contributed by atoms with van der Waals surface area (Å²) in [5, 5.41) is 19.7. The Labute approximate surface area is 140 Å². The molecule has 5 nitrogen and oxygen atoms in total. The Morgan fingerprint density at radius 3 is 2.33 bits per heavy atom. The molecule has 2 aliphatic heterocycles. The van der Waals surface area contributed by atoms with Crippen LogP contribution in [0, 0.1) is 6.92 Å². The van der Waals surface area contributed by atoms with Gasteiger partial charge < -0.3 is 15.1 Å². The summed E-state index contributed by atoms with van der Waals surface area (Å²) in [6.45, 7) is 4.36. The zero-order chi connectivity index (χ0) is 17.4. The molecule has 0 saturated carbocycles. The van der Waals surface area contributed by atoms with Gasteiger partial charge in [-0.2, -0.15) is 0 Å². The van der Waals surface area contributed by atoms with Crippen molar-refractivity contribution >= 4 is 11.9 Å². The van der Waals surface area contributed by atoms with E-state index in [2.05, 4.69) is 0 Å². The Bertz CT molecular complexity index is 775. The SMILES string of the molecule is CC1=C(C(=O)O)C(c2ccccc2C)C(C(=O)O)=C2CCCCN12. The van der Waals surface area contributed by atoms with Crippen molar-refractivity contribution in [2.75, 3.05) is 6.54 Å². The van der Waals surface area contributed by atoms with Gasteiger partial charge in [-0.05, 0) is 44.2 Å². The molecule has 0 spiro atoms. The Balaban J connectivity index is 2.30. The molecule has 0 amide bonds. The van der Waals surface area contributed by atoms with Crippen LogP contribution >= 0.6 is 0 Å². The van der Waals surface area contributed by atoms with Crippen molar-refractivity contribution in [1.29, 1.82) is 0 Å². The number of rotatable bonds is 3. The van der Waals surface area contributed by atoms with E-state index in [4.69, 9.17) is 0 Å². The highest BCUT2D eigenvalue weighted by molar-refractivity contribution is 5.98. The third-order valence-electron chi connectivity index (χ3n) is 5.01. The van der Waals surface area contributed by atoms with E-state index < -0.39 is 17.9 Å². The molecule has 1 atom stereocenters. The average Bonchev–Trinajstić information content (AvgIpc) is 2.54. The fourth-order valence-electron chi connectivity index (χ4n) is 3.89. The van der Waals surface area contributed by atoms with E-state index >= 15 is 0 Å². The van der Waals surface area contributed by atoms with Gasteiger partial charge in [-0.25, -0.2) is 9.59 Å². The Morgan fingerprint density at radius 2 is 1.71 bits per heavy atom. The predicted octanol–water partition coefficient (Wildman–Crippen LogP) is 3.28. The number of hydrogen-bond acceptors (Lipinski definition) is 3. The number of carboxylic acids is 2. The summed E-state index contributed by atoms with van der Waals surface area (Å²) in [6, 6.07) is 7.42. The number of piperidine rings is 1. The summed E-state index contributed by atoms with van der Waals surface area (Å²) in [6.07, 6.45) is 2.54. The van der Waals surface area contributed by atoms with Crippen LogP contribution in [0.1, 0.15) is 43.2 Å². The van der Waals surface area contributed by atoms with Gasteiger partial charge in [-0.1, -0.05) is 24.3 Å². The molecule has 0 aromatic heterocycles. The number of hydrogen-bond donors (Lipinski definition) is 2. The fourth-order valence-corrected chi connectivity index (χ4v) is 3.89. The van der Waals surface area contributed by atoms with Crippen molar-refractivity contribution in [3.8, 4) is 0 Å². The van der Waals surface area contributed by atoms with Crippen LogP contribution in [-0.4, -0.2) is 33.6 Å². The van der Waals surface area contributed by atoms with E-state index in [-0.39, 0.29) is 11.1 Å². The first-order valence-electron chi connectivity index (χ1n) is 8.17. The molecule has 1 saturated heterocycles. The van der Waals surface area contributed by atoms with Crippen LogP contribution in [0.15, 0.2) is 46.8 Å². The quantitative estimate of drug-likeness (QED) is 0.891. The normalized spacial score (nSPS) is 20.9. The lowest BCUT2D eigenvalue weighted by Crippen LogP contribution is -2.37. The van der Waals surface area contributed by atoms with Gasteiger partial charge in [0, 0.05) is 17.9 Å². The molecule has 0 aliphatic carbocycles. The summed E-state index contributed by atoms with van der Waals surface area (Å²) in [5.41, 5.74) is 3.47. The van der Waals surface area contributed by atoms with Crippen molar-refractivity contribution in [1.82, 2.24) is 4.90 Å². The van der Waals surface area contributed by atoms with Gasteiger partial charge in [-0.3, -0.25) is 0 Å². The minimum atomic E-state index is -1.05. The maximum atomic E-state index is 12.1. The number of benzene rings is 1. The van der Waals surface area contributed by atoms with Crippen molar-refractivity contribution in [2.24, 2.45) is 0 Å². The second-order valence-corrected chi connectivity index (χ2v) is 6.37. The van der Waals surface area contributed by atoms with E-state index in [1.54, 1.807) is 6.92 Å². The van der Waals surface area contributed by atoms with Crippen molar-refractivity contribution in [3.05, 3.63) is 57.9 Å². The molecule has 1 unspecified atom stereocenters. The summed E-state index contributed by atoms with van der Waals surface area (Å²) in [7, 11) is 0. The molecule has 0 bridgehead atoms. The van der Waals surface area contributed by atoms with E-state index in [0.717, 1.165) is 29.7 Å². The Morgan fingerprint density at radius 1 is 1.04 bits per heavy atom. The van der Waals surface area contributed by atoms with Crippen LogP contribution in [-0.2, 0) is 9.59 Å². The first-order chi connectivity index (χ1) is 11.4. The highest BCUT2D eigenvalue weighted by atomic mass is 16.4. The van der Waals surface area contributed by atoms with Gasteiger partial charge >= 0.3 is 11.9 Å². The van der Waals surface area contributed by atoms with Crippen LogP contribution in [0.4, 0.5) is 0 Å². The summed E-state index contributed by atoms with van der Waals surface area (Å²) in [4.78, 5) is 26.0. The molecule has 2 heterocycles. The van der Waals surface area contributed by atoms with Gasteiger partial charge in [0.25, 0.3) is 0 Å². The van der Waals surface area contributed by atoms with Crippen molar-refractivity contribution in [3.63, 3.8) is 0 Å². The number of aryl methyl sites for hydroxylation is 1. The maximum absolute atomic E-state index is 12.1. The molecule has 2 aliphatic rings. The number of aliphatic carboxylic acids is 2. The number of nitrogens with zero attached hydrogens (tertiary/aromatic N) is 1. The highest BCUT2D eigenvalue weighted by Gasteiger charge is 2.41. The largest absolute Gasteiger partial charge is 0.478 e. The Hall–Kier alpha value is -2.56. The van der Waals surface area contributed by atoms with Crippen molar-refractivity contribution < 1.29 is 19.8 Å². The molecule has 126 valence electrons. The summed E-state index contributed by atoms with van der Waals surface area (Å²) in [5.74, 6) is -2.81. The summed E-state index contributed by atoms with van der Waals surface area (Å²) < 4.78 is 0. The second kappa shape index (κ2) is 6.15. The van der Waals surface area contributed by atoms with Gasteiger partial charge in [-0.15, -0.1) is 0 Å². The minimum Gasteiger partial charge on any atom is -0.478 e. The van der Waals surface area contributed by atoms with Crippen LogP contribution in [0.25, 0.3) is 0 Å². The lowest BCUT2D eigenvalue weighted by Gasteiger charge is -2.41. The first-order valence-corrected chi connectivity index (χ1v) is 8.17. The second-order valence-electron chi connectivity index (χ2n) is 6.37. The molecule has 2 N–H and O–H groups in total. The molecule has 24 heavy (non-hydrogen) atoms. The van der Waals surface area contributed by atoms with Gasteiger partial charge in [0.2, 0.25) is 0 Å². The highest BCUT2D eigenvalue weighted by Crippen LogP contribution is 2.45. The number of carboxylic acid groups (broad SMARTS) is 2. The molecule has 5 heteroatoms. The molecule has 1 aromatic rings.